The van der Waals surface area contributed by atoms with Crippen molar-refractivity contribution < 1.29 is 14.3 Å². The van der Waals surface area contributed by atoms with Crippen molar-refractivity contribution in [2.24, 2.45) is 5.92 Å². The molecule has 6 heteroatoms. The fourth-order valence-electron chi connectivity index (χ4n) is 3.05. The topological polar surface area (TPSA) is 79.5 Å². The van der Waals surface area contributed by atoms with Gasteiger partial charge in [0.15, 0.2) is 0 Å². The molecule has 1 aromatic carbocycles. The molecule has 5 nitrogen and oxygen atoms in total. The Balaban J connectivity index is 1.58. The maximum absolute atomic E-state index is 12.5. The highest BCUT2D eigenvalue weighted by Crippen LogP contribution is 2.46. The fraction of sp³-hybridized carbons (Fsp3) is 0.263. The van der Waals surface area contributed by atoms with E-state index in [9.17, 15) is 14.7 Å². The smallest absolute Gasteiger partial charge is 0.349 e. The summed E-state index contributed by atoms with van der Waals surface area (Å²) in [6.45, 7) is 0.0727. The third-order valence-electron chi connectivity index (χ3n) is 4.61. The Labute approximate surface area is 147 Å². The van der Waals surface area contributed by atoms with Crippen molar-refractivity contribution in [1.82, 2.24) is 5.32 Å². The monoisotopic (exact) mass is 355 g/mol. The van der Waals surface area contributed by atoms with Crippen LogP contribution in [0.3, 0.4) is 0 Å². The molecule has 1 aliphatic carbocycles. The molecule has 2 aromatic heterocycles. The minimum Gasteiger partial charge on any atom is -0.422 e. The molecule has 128 valence electrons. The van der Waals surface area contributed by atoms with Crippen LogP contribution >= 0.6 is 11.3 Å². The van der Waals surface area contributed by atoms with E-state index in [4.69, 9.17) is 4.42 Å². The first-order valence-corrected chi connectivity index (χ1v) is 9.03. The molecule has 1 unspecified atom stereocenters. The third kappa shape index (κ3) is 2.99. The number of thiophene rings is 1. The minimum atomic E-state index is -1.08. The number of hydrogen-bond donors (Lipinski definition) is 2. The molecule has 2 N–H and O–H groups in total. The van der Waals surface area contributed by atoms with Crippen LogP contribution in [0.2, 0.25) is 0 Å². The number of para-hydroxylation sites is 1. The van der Waals surface area contributed by atoms with Crippen LogP contribution in [0.15, 0.2) is 57.1 Å². The van der Waals surface area contributed by atoms with Gasteiger partial charge in [-0.05, 0) is 42.3 Å². The van der Waals surface area contributed by atoms with E-state index in [-0.39, 0.29) is 18.0 Å². The van der Waals surface area contributed by atoms with Crippen molar-refractivity contribution in [3.8, 4) is 0 Å². The van der Waals surface area contributed by atoms with E-state index in [2.05, 4.69) is 5.32 Å². The summed E-state index contributed by atoms with van der Waals surface area (Å²) in [6.07, 6.45) is 1.87. The molecule has 1 amide bonds. The number of fused-ring (bicyclic) bond motifs is 1. The van der Waals surface area contributed by atoms with Gasteiger partial charge in [-0.15, -0.1) is 11.3 Å². The molecule has 25 heavy (non-hydrogen) atoms. The van der Waals surface area contributed by atoms with Crippen LogP contribution in [0.25, 0.3) is 11.0 Å². The Morgan fingerprint density at radius 1 is 1.28 bits per heavy atom. The lowest BCUT2D eigenvalue weighted by Crippen LogP contribution is -2.42. The molecule has 2 heterocycles. The number of nitrogens with one attached hydrogen (secondary N) is 1. The predicted octanol–water partition coefficient (Wildman–Crippen LogP) is 2.88. The summed E-state index contributed by atoms with van der Waals surface area (Å²) in [6, 6.07) is 12.3. The minimum absolute atomic E-state index is 0.0528. The average Bonchev–Trinajstić information content (AvgIpc) is 3.33. The second kappa shape index (κ2) is 6.13. The Bertz CT molecular complexity index is 975. The normalized spacial score (nSPS) is 16.5. The van der Waals surface area contributed by atoms with Crippen LogP contribution in [0.1, 0.15) is 28.1 Å². The first-order chi connectivity index (χ1) is 12.1. The standard InChI is InChI=1S/C19H17NO4S/c21-17(14-10-12-4-1-2-5-15(12)24-18(14)22)20-11-19(23,13-7-8-13)16-6-3-9-25-16/h1-6,9-10,13,23H,7-8,11H2,(H,20,21). The molecule has 0 radical (unpaired) electrons. The fourth-order valence-corrected chi connectivity index (χ4v) is 3.95. The number of carbonyl (C=O) groups is 1. The molecule has 1 fully saturated rings. The lowest BCUT2D eigenvalue weighted by Gasteiger charge is -2.27. The molecule has 0 saturated heterocycles. The highest BCUT2D eigenvalue weighted by molar-refractivity contribution is 7.10. The van der Waals surface area contributed by atoms with Crippen LogP contribution in [-0.2, 0) is 5.60 Å². The second-order valence-electron chi connectivity index (χ2n) is 6.34. The van der Waals surface area contributed by atoms with E-state index >= 15 is 0 Å². The Kier molecular flexibility index (Phi) is 3.94. The first-order valence-electron chi connectivity index (χ1n) is 8.15. The van der Waals surface area contributed by atoms with Gasteiger partial charge in [-0.3, -0.25) is 4.79 Å². The first kappa shape index (κ1) is 16.1. The van der Waals surface area contributed by atoms with Crippen molar-refractivity contribution in [2.45, 2.75) is 18.4 Å². The Hall–Kier alpha value is -2.44. The van der Waals surface area contributed by atoms with Crippen molar-refractivity contribution in [1.29, 1.82) is 0 Å². The zero-order valence-electron chi connectivity index (χ0n) is 13.4. The van der Waals surface area contributed by atoms with Gasteiger partial charge in [-0.1, -0.05) is 24.3 Å². The molecular formula is C19H17NO4S. The maximum Gasteiger partial charge on any atom is 0.349 e. The van der Waals surface area contributed by atoms with E-state index in [1.807, 2.05) is 23.6 Å². The molecule has 1 aliphatic rings. The van der Waals surface area contributed by atoms with Crippen LogP contribution in [-0.4, -0.2) is 17.6 Å². The third-order valence-corrected chi connectivity index (χ3v) is 5.64. The van der Waals surface area contributed by atoms with Crippen molar-refractivity contribution in [3.63, 3.8) is 0 Å². The molecular weight excluding hydrogens is 338 g/mol. The van der Waals surface area contributed by atoms with Crippen molar-refractivity contribution in [3.05, 3.63) is 68.7 Å². The summed E-state index contributed by atoms with van der Waals surface area (Å²) >= 11 is 1.47. The van der Waals surface area contributed by atoms with Gasteiger partial charge in [0.2, 0.25) is 0 Å². The molecule has 0 aliphatic heterocycles. The van der Waals surface area contributed by atoms with Gasteiger partial charge in [0.25, 0.3) is 5.91 Å². The molecule has 3 aromatic rings. The van der Waals surface area contributed by atoms with Crippen LogP contribution in [0.4, 0.5) is 0 Å². The van der Waals surface area contributed by atoms with Crippen LogP contribution in [0.5, 0.6) is 0 Å². The van der Waals surface area contributed by atoms with Crippen molar-refractivity contribution >= 4 is 28.2 Å². The number of hydrogen-bond acceptors (Lipinski definition) is 5. The number of benzene rings is 1. The number of aliphatic hydroxyl groups is 1. The van der Waals surface area contributed by atoms with Gasteiger partial charge in [0, 0.05) is 10.3 Å². The molecule has 1 saturated carbocycles. The summed E-state index contributed by atoms with van der Waals surface area (Å²) in [4.78, 5) is 25.4. The highest BCUT2D eigenvalue weighted by atomic mass is 32.1. The molecule has 4 rings (SSSR count). The molecule has 0 bridgehead atoms. The quantitative estimate of drug-likeness (QED) is 0.690. The van der Waals surface area contributed by atoms with Crippen molar-refractivity contribution in [2.75, 3.05) is 6.54 Å². The number of carbonyl (C=O) groups excluding carboxylic acids is 1. The highest BCUT2D eigenvalue weighted by Gasteiger charge is 2.46. The number of rotatable bonds is 5. The second-order valence-corrected chi connectivity index (χ2v) is 7.29. The molecule has 1 atom stereocenters. The average molecular weight is 355 g/mol. The van der Waals surface area contributed by atoms with Gasteiger partial charge in [0.1, 0.15) is 16.7 Å². The van der Waals surface area contributed by atoms with E-state index in [0.29, 0.717) is 11.0 Å². The van der Waals surface area contributed by atoms with E-state index in [1.165, 1.54) is 17.4 Å². The summed E-state index contributed by atoms with van der Waals surface area (Å²) in [5, 5.41) is 16.3. The van der Waals surface area contributed by atoms with E-state index in [1.54, 1.807) is 18.2 Å². The summed E-state index contributed by atoms with van der Waals surface area (Å²) in [7, 11) is 0. The predicted molar refractivity (Wildman–Crippen MR) is 95.8 cm³/mol. The zero-order chi connectivity index (χ0) is 17.4. The summed E-state index contributed by atoms with van der Waals surface area (Å²) in [5.74, 6) is -0.394. The van der Waals surface area contributed by atoms with Gasteiger partial charge in [0.05, 0.1) is 6.54 Å². The van der Waals surface area contributed by atoms with E-state index < -0.39 is 17.1 Å². The van der Waals surface area contributed by atoms with Gasteiger partial charge < -0.3 is 14.8 Å². The Morgan fingerprint density at radius 3 is 2.80 bits per heavy atom. The largest absolute Gasteiger partial charge is 0.422 e. The van der Waals surface area contributed by atoms with Crippen LogP contribution < -0.4 is 10.9 Å². The summed E-state index contributed by atoms with van der Waals surface area (Å²) < 4.78 is 5.20. The SMILES string of the molecule is O=C(NCC(O)(c1cccs1)C1CC1)c1cc2ccccc2oc1=O. The Morgan fingerprint density at radius 2 is 2.08 bits per heavy atom. The number of amides is 1. The van der Waals surface area contributed by atoms with Gasteiger partial charge in [-0.2, -0.15) is 0 Å². The lowest BCUT2D eigenvalue weighted by atomic mass is 9.95. The van der Waals surface area contributed by atoms with Gasteiger partial charge >= 0.3 is 5.63 Å². The van der Waals surface area contributed by atoms with E-state index in [0.717, 1.165) is 17.7 Å². The maximum atomic E-state index is 12.5. The van der Waals surface area contributed by atoms with Crippen LogP contribution in [0, 0.1) is 5.92 Å². The van der Waals surface area contributed by atoms with Gasteiger partial charge in [-0.25, -0.2) is 4.79 Å². The zero-order valence-corrected chi connectivity index (χ0v) is 14.2. The lowest BCUT2D eigenvalue weighted by molar-refractivity contribution is 0.0169. The molecule has 0 spiro atoms. The summed E-state index contributed by atoms with van der Waals surface area (Å²) in [5.41, 5.74) is -1.37.